The van der Waals surface area contributed by atoms with Crippen molar-refractivity contribution in [3.63, 3.8) is 0 Å². The maximum atomic E-state index is 13.9. The van der Waals surface area contributed by atoms with Crippen molar-refractivity contribution in [2.45, 2.75) is 25.6 Å². The smallest absolute Gasteiger partial charge is 0.435 e. The van der Waals surface area contributed by atoms with Crippen LogP contribution in [0.5, 0.6) is 0 Å². The molecule has 5 heterocycles. The third kappa shape index (κ3) is 8.68. The molecule has 3 amide bonds. The Bertz CT molecular complexity index is 1890. The molecular weight excluding hydrogens is 709 g/mol. The Labute approximate surface area is 300 Å². The van der Waals surface area contributed by atoms with E-state index < -0.39 is 17.8 Å². The van der Waals surface area contributed by atoms with Gasteiger partial charge >= 0.3 is 6.18 Å². The summed E-state index contributed by atoms with van der Waals surface area (Å²) in [7, 11) is 1.69. The van der Waals surface area contributed by atoms with E-state index in [1.165, 1.54) is 12.3 Å². The number of alkyl halides is 3. The second-order valence-corrected chi connectivity index (χ2v) is 12.3. The highest BCUT2D eigenvalue weighted by molar-refractivity contribution is 6.33. The van der Waals surface area contributed by atoms with Gasteiger partial charge in [-0.15, -0.1) is 0 Å². The van der Waals surface area contributed by atoms with Crippen molar-refractivity contribution in [3.8, 4) is 22.6 Å². The first kappa shape index (κ1) is 37.8. The minimum atomic E-state index is -4.80. The number of aromatic amines is 2. The molecule has 1 aromatic carbocycles. The van der Waals surface area contributed by atoms with Crippen LogP contribution in [-0.2, 0) is 22.3 Å². The molecular formula is C33H36ClF3N10O5. The van der Waals surface area contributed by atoms with Crippen molar-refractivity contribution in [3.05, 3.63) is 70.4 Å². The van der Waals surface area contributed by atoms with E-state index in [1.54, 1.807) is 36.2 Å². The van der Waals surface area contributed by atoms with E-state index in [0.29, 0.717) is 43.0 Å². The van der Waals surface area contributed by atoms with Crippen molar-refractivity contribution >= 4 is 41.5 Å². The molecule has 2 aliphatic heterocycles. The Morgan fingerprint density at radius 3 is 2.35 bits per heavy atom. The number of amides is 3. The average molecular weight is 745 g/mol. The number of piperidine rings is 1. The summed E-state index contributed by atoms with van der Waals surface area (Å²) in [4.78, 5) is 61.8. The summed E-state index contributed by atoms with van der Waals surface area (Å²) in [5.74, 6) is -0.965. The summed E-state index contributed by atoms with van der Waals surface area (Å²) in [6, 6.07) is 8.00. The van der Waals surface area contributed by atoms with Gasteiger partial charge in [-0.3, -0.25) is 29.3 Å². The van der Waals surface area contributed by atoms with E-state index in [-0.39, 0.29) is 64.2 Å². The third-order valence-electron chi connectivity index (χ3n) is 8.69. The minimum Gasteiger partial charge on any atom is -0.483 e. The summed E-state index contributed by atoms with van der Waals surface area (Å²) >= 11 is 6.49. The molecule has 0 radical (unpaired) electrons. The van der Waals surface area contributed by atoms with Gasteiger partial charge in [0.25, 0.3) is 18.3 Å². The fourth-order valence-corrected chi connectivity index (χ4v) is 6.27. The molecule has 6 N–H and O–H groups in total. The van der Waals surface area contributed by atoms with E-state index in [1.807, 2.05) is 4.90 Å². The molecule has 3 aromatic heterocycles. The standard InChI is InChI=1S/C32H34ClF3N10O3.CH2O2/c1-37-20-3-5-23(39-16-20)26-25(27(44-43-26)32(34,35)36)24-17-40-28(42-24)29(47)41-15-18-2-4-21(22(33)14-18)31(49)46-12-10-45(11-13-46)30(48)19-6-8-38-9-7-19;2-1-3/h2-5,14,16-17,19,37-38H,6-13,15H2,1H3,(H,40,42)(H,41,47)(H,43,44);1H,(H,2,3). The molecule has 2 aliphatic rings. The van der Waals surface area contributed by atoms with Crippen LogP contribution in [0.15, 0.2) is 42.7 Å². The lowest BCUT2D eigenvalue weighted by Gasteiger charge is -2.37. The number of nitrogens with one attached hydrogen (secondary N) is 5. The lowest BCUT2D eigenvalue weighted by Crippen LogP contribution is -2.52. The summed E-state index contributed by atoms with van der Waals surface area (Å²) in [6.07, 6.45) is -0.559. The Balaban J connectivity index is 0.00000168. The second-order valence-electron chi connectivity index (χ2n) is 11.9. The molecule has 276 valence electrons. The van der Waals surface area contributed by atoms with Crippen molar-refractivity contribution in [1.82, 2.24) is 45.6 Å². The van der Waals surface area contributed by atoms with Crippen LogP contribution in [0.3, 0.4) is 0 Å². The predicted molar refractivity (Wildman–Crippen MR) is 183 cm³/mol. The number of hydrogen-bond acceptors (Lipinski definition) is 9. The van der Waals surface area contributed by atoms with Crippen LogP contribution in [0.2, 0.25) is 5.02 Å². The van der Waals surface area contributed by atoms with Gasteiger partial charge in [-0.25, -0.2) is 4.98 Å². The zero-order valence-electron chi connectivity index (χ0n) is 27.9. The van der Waals surface area contributed by atoms with E-state index >= 15 is 0 Å². The fraction of sp³-hybridized carbons (Fsp3) is 0.364. The van der Waals surface area contributed by atoms with Crippen LogP contribution in [0, 0.1) is 5.92 Å². The number of carbonyl (C=O) groups is 4. The number of hydrogen-bond donors (Lipinski definition) is 6. The first-order valence-electron chi connectivity index (χ1n) is 16.2. The van der Waals surface area contributed by atoms with Gasteiger partial charge in [0, 0.05) is 45.7 Å². The third-order valence-corrected chi connectivity index (χ3v) is 9.00. The number of H-pyrrole nitrogens is 2. The number of benzene rings is 1. The Hall–Kier alpha value is -5.49. The van der Waals surface area contributed by atoms with Gasteiger partial charge in [0.15, 0.2) is 11.5 Å². The highest BCUT2D eigenvalue weighted by Crippen LogP contribution is 2.40. The first-order chi connectivity index (χ1) is 24.9. The van der Waals surface area contributed by atoms with E-state index in [0.717, 1.165) is 32.1 Å². The molecule has 0 saturated carbocycles. The summed E-state index contributed by atoms with van der Waals surface area (Å²) in [5, 5.41) is 21.8. The van der Waals surface area contributed by atoms with E-state index in [2.05, 4.69) is 41.1 Å². The van der Waals surface area contributed by atoms with Gasteiger partial charge < -0.3 is 35.8 Å². The van der Waals surface area contributed by atoms with Crippen LogP contribution in [0.25, 0.3) is 22.6 Å². The van der Waals surface area contributed by atoms with E-state index in [4.69, 9.17) is 21.5 Å². The average Bonchev–Trinajstić information content (AvgIpc) is 3.83. The normalized spacial score (nSPS) is 15.0. The maximum Gasteiger partial charge on any atom is 0.435 e. The van der Waals surface area contributed by atoms with Crippen molar-refractivity contribution in [2.24, 2.45) is 5.92 Å². The molecule has 0 unspecified atom stereocenters. The van der Waals surface area contributed by atoms with Gasteiger partial charge in [-0.05, 0) is 55.8 Å². The Kier molecular flexibility index (Phi) is 12.1. The summed E-state index contributed by atoms with van der Waals surface area (Å²) in [6.45, 7) is 3.16. The monoisotopic (exact) mass is 744 g/mol. The molecule has 0 bridgehead atoms. The number of imidazole rings is 1. The topological polar surface area (TPSA) is 201 Å². The Morgan fingerprint density at radius 2 is 1.73 bits per heavy atom. The number of halogens is 4. The largest absolute Gasteiger partial charge is 0.483 e. The SMILES string of the molecule is CNc1ccc(-c2[nH]nc(C(F)(F)F)c2-c2cnc(C(=O)NCc3ccc(C(=O)N4CCN(C(=O)C5CCNCC5)CC4)c(Cl)c3)[nH]2)nc1.O=CO. The quantitative estimate of drug-likeness (QED) is 0.145. The van der Waals surface area contributed by atoms with Gasteiger partial charge in [-0.2, -0.15) is 18.3 Å². The van der Waals surface area contributed by atoms with Crippen LogP contribution >= 0.6 is 11.6 Å². The highest BCUT2D eigenvalue weighted by Gasteiger charge is 2.39. The van der Waals surface area contributed by atoms with E-state index in [9.17, 15) is 27.6 Å². The van der Waals surface area contributed by atoms with Crippen LogP contribution in [-0.4, -0.2) is 111 Å². The first-order valence-corrected chi connectivity index (χ1v) is 16.6. The zero-order valence-corrected chi connectivity index (χ0v) is 28.6. The Morgan fingerprint density at radius 1 is 1.04 bits per heavy atom. The van der Waals surface area contributed by atoms with Gasteiger partial charge in [0.2, 0.25) is 5.91 Å². The van der Waals surface area contributed by atoms with Crippen LogP contribution in [0.4, 0.5) is 18.9 Å². The molecule has 0 aliphatic carbocycles. The molecule has 4 aromatic rings. The molecule has 0 atom stereocenters. The molecule has 2 fully saturated rings. The number of aromatic nitrogens is 5. The van der Waals surface area contributed by atoms with Crippen LogP contribution < -0.4 is 16.0 Å². The number of piperazine rings is 1. The van der Waals surface area contributed by atoms with Gasteiger partial charge in [0.1, 0.15) is 0 Å². The molecule has 2 saturated heterocycles. The predicted octanol–water partition coefficient (Wildman–Crippen LogP) is 3.49. The molecule has 6 rings (SSSR count). The highest BCUT2D eigenvalue weighted by atomic mass is 35.5. The van der Waals surface area contributed by atoms with Gasteiger partial charge in [0.05, 0.1) is 51.3 Å². The molecule has 0 spiro atoms. The van der Waals surface area contributed by atoms with Crippen molar-refractivity contribution in [2.75, 3.05) is 51.6 Å². The zero-order chi connectivity index (χ0) is 37.4. The number of pyridine rings is 1. The summed E-state index contributed by atoms with van der Waals surface area (Å²) < 4.78 is 41.7. The fourth-order valence-electron chi connectivity index (χ4n) is 5.98. The number of carbonyl (C=O) groups excluding carboxylic acids is 3. The molecule has 19 heteroatoms. The van der Waals surface area contributed by atoms with Gasteiger partial charge in [-0.1, -0.05) is 17.7 Å². The minimum absolute atomic E-state index is 0.00227. The van der Waals surface area contributed by atoms with Crippen LogP contribution in [0.1, 0.15) is 45.1 Å². The lowest BCUT2D eigenvalue weighted by molar-refractivity contribution is -0.140. The number of rotatable bonds is 8. The number of carboxylic acid groups (broad SMARTS) is 1. The summed E-state index contributed by atoms with van der Waals surface area (Å²) in [5.41, 5.74) is 0.176. The van der Waals surface area contributed by atoms with Crippen molar-refractivity contribution in [1.29, 1.82) is 0 Å². The number of anilines is 1. The molecule has 52 heavy (non-hydrogen) atoms. The molecule has 15 nitrogen and oxygen atoms in total. The maximum absolute atomic E-state index is 13.9. The lowest BCUT2D eigenvalue weighted by atomic mass is 9.96. The second kappa shape index (κ2) is 16.7. The van der Waals surface area contributed by atoms with Crippen molar-refractivity contribution < 1.29 is 37.5 Å². The number of nitrogens with zero attached hydrogens (tertiary/aromatic N) is 5.